The van der Waals surface area contributed by atoms with Gasteiger partial charge in [0.05, 0.1) is 21.5 Å². The van der Waals surface area contributed by atoms with E-state index in [1.807, 2.05) is 47.9 Å². The van der Waals surface area contributed by atoms with Crippen molar-refractivity contribution in [2.75, 3.05) is 11.1 Å². The van der Waals surface area contributed by atoms with E-state index < -0.39 is 0 Å². The number of aromatic nitrogens is 3. The fourth-order valence-corrected chi connectivity index (χ4v) is 4.71. The first-order valence-corrected chi connectivity index (χ1v) is 13.5. The molecule has 9 heteroatoms. The van der Waals surface area contributed by atoms with Gasteiger partial charge >= 0.3 is 0 Å². The number of thioether (sulfide) groups is 1. The Hall–Kier alpha value is -3.00. The molecule has 0 atom stereocenters. The maximum Gasteiger partial charge on any atom is 0.234 e. The normalized spacial score (nSPS) is 11.4. The lowest BCUT2D eigenvalue weighted by atomic mass is 9.87. The average molecular weight is 556 g/mol. The second-order valence-corrected chi connectivity index (χ2v) is 11.3. The van der Waals surface area contributed by atoms with Gasteiger partial charge in [-0.1, -0.05) is 86.1 Å². The van der Waals surface area contributed by atoms with Crippen LogP contribution >= 0.6 is 35.0 Å². The zero-order valence-electron chi connectivity index (χ0n) is 21.1. The number of rotatable bonds is 8. The first kappa shape index (κ1) is 27.0. The Balaban J connectivity index is 1.51. The number of nitrogens with one attached hydrogen (secondary N) is 1. The first-order valence-electron chi connectivity index (χ1n) is 11.7. The van der Waals surface area contributed by atoms with Gasteiger partial charge in [-0.15, -0.1) is 10.2 Å². The van der Waals surface area contributed by atoms with Crippen molar-refractivity contribution in [2.45, 2.75) is 44.9 Å². The van der Waals surface area contributed by atoms with Crippen LogP contribution in [-0.4, -0.2) is 26.4 Å². The third-order valence-electron chi connectivity index (χ3n) is 5.68. The number of benzene rings is 3. The number of halogens is 2. The van der Waals surface area contributed by atoms with Crippen molar-refractivity contribution in [3.05, 3.63) is 93.7 Å². The highest BCUT2D eigenvalue weighted by atomic mass is 35.5. The highest BCUT2D eigenvalue weighted by Gasteiger charge is 2.18. The minimum Gasteiger partial charge on any atom is -0.486 e. The molecule has 6 nitrogen and oxygen atoms in total. The Morgan fingerprint density at radius 3 is 2.41 bits per heavy atom. The molecule has 0 unspecified atom stereocenters. The molecule has 1 heterocycles. The molecule has 4 rings (SSSR count). The van der Waals surface area contributed by atoms with Crippen molar-refractivity contribution in [3.63, 3.8) is 0 Å². The van der Waals surface area contributed by atoms with E-state index in [2.05, 4.69) is 48.4 Å². The van der Waals surface area contributed by atoms with E-state index in [9.17, 15) is 4.79 Å². The molecule has 3 aromatic carbocycles. The molecule has 0 spiro atoms. The summed E-state index contributed by atoms with van der Waals surface area (Å²) in [6, 6.07) is 21.0. The molecular formula is C28H28Cl2N4O2S. The van der Waals surface area contributed by atoms with Gasteiger partial charge in [0.25, 0.3) is 0 Å². The summed E-state index contributed by atoms with van der Waals surface area (Å²) in [5.41, 5.74) is 3.87. The molecule has 4 aromatic rings. The van der Waals surface area contributed by atoms with Crippen LogP contribution in [0.4, 0.5) is 5.69 Å². The van der Waals surface area contributed by atoms with Crippen LogP contribution in [0.3, 0.4) is 0 Å². The summed E-state index contributed by atoms with van der Waals surface area (Å²) in [4.78, 5) is 12.6. The Bertz CT molecular complexity index is 1400. The van der Waals surface area contributed by atoms with Crippen LogP contribution in [-0.2, 0) is 16.8 Å². The summed E-state index contributed by atoms with van der Waals surface area (Å²) in [6.45, 7) is 8.79. The number of ether oxygens (including phenoxy) is 1. The minimum absolute atomic E-state index is 0.0712. The van der Waals surface area contributed by atoms with Crippen molar-refractivity contribution in [1.82, 2.24) is 14.8 Å². The van der Waals surface area contributed by atoms with E-state index in [0.717, 1.165) is 17.0 Å². The number of anilines is 1. The zero-order chi connectivity index (χ0) is 26.6. The fraction of sp³-hybridized carbons (Fsp3) is 0.250. The number of para-hydroxylation sites is 1. The number of aryl methyl sites for hydroxylation is 1. The maximum absolute atomic E-state index is 12.6. The average Bonchev–Trinajstić information content (AvgIpc) is 3.26. The van der Waals surface area contributed by atoms with Gasteiger partial charge < -0.3 is 10.1 Å². The molecule has 0 bridgehead atoms. The van der Waals surface area contributed by atoms with Crippen LogP contribution in [0.25, 0.3) is 5.69 Å². The van der Waals surface area contributed by atoms with E-state index in [4.69, 9.17) is 27.9 Å². The highest BCUT2D eigenvalue weighted by Crippen LogP contribution is 2.28. The fourth-order valence-electron chi connectivity index (χ4n) is 3.64. The van der Waals surface area contributed by atoms with E-state index >= 15 is 0 Å². The standard InChI is InChI=1S/C28H28Cl2N4O2S/c1-18-7-5-6-8-24(18)34-25(16-36-21-12-9-19(10-13-21)28(2,3)4)32-33-27(34)37-17-26(35)31-20-11-14-22(29)23(30)15-20/h5-15H,16-17H2,1-4H3,(H,31,35). The van der Waals surface area contributed by atoms with Gasteiger partial charge in [-0.3, -0.25) is 9.36 Å². The summed E-state index contributed by atoms with van der Waals surface area (Å²) in [5.74, 6) is 1.34. The zero-order valence-corrected chi connectivity index (χ0v) is 23.4. The predicted molar refractivity (Wildman–Crippen MR) is 151 cm³/mol. The van der Waals surface area contributed by atoms with Crippen LogP contribution in [0.1, 0.15) is 37.7 Å². The molecule has 37 heavy (non-hydrogen) atoms. The molecule has 0 saturated carbocycles. The summed E-state index contributed by atoms with van der Waals surface area (Å²) >= 11 is 13.3. The van der Waals surface area contributed by atoms with Crippen molar-refractivity contribution >= 4 is 46.6 Å². The second kappa shape index (κ2) is 11.6. The second-order valence-electron chi connectivity index (χ2n) is 9.55. The first-order chi connectivity index (χ1) is 17.6. The van der Waals surface area contributed by atoms with Gasteiger partial charge in [0.15, 0.2) is 11.0 Å². The van der Waals surface area contributed by atoms with Gasteiger partial charge in [0, 0.05) is 5.69 Å². The SMILES string of the molecule is Cc1ccccc1-n1c(COc2ccc(C(C)(C)C)cc2)nnc1SCC(=O)Nc1ccc(Cl)c(Cl)c1. The molecule has 0 aliphatic carbocycles. The van der Waals surface area contributed by atoms with Gasteiger partial charge in [-0.25, -0.2) is 0 Å². The number of carbonyl (C=O) groups is 1. The van der Waals surface area contributed by atoms with Crippen LogP contribution in [0.15, 0.2) is 71.9 Å². The molecule has 0 fully saturated rings. The third-order valence-corrected chi connectivity index (χ3v) is 7.35. The summed E-state index contributed by atoms with van der Waals surface area (Å²) in [6.07, 6.45) is 0. The lowest BCUT2D eigenvalue weighted by Gasteiger charge is -2.19. The van der Waals surface area contributed by atoms with Crippen LogP contribution < -0.4 is 10.1 Å². The minimum atomic E-state index is -0.195. The monoisotopic (exact) mass is 554 g/mol. The van der Waals surface area contributed by atoms with Gasteiger partial charge in [0.1, 0.15) is 12.4 Å². The van der Waals surface area contributed by atoms with Gasteiger partial charge in [-0.2, -0.15) is 0 Å². The molecule has 0 aliphatic rings. The molecule has 0 aliphatic heterocycles. The molecule has 1 N–H and O–H groups in total. The summed E-state index contributed by atoms with van der Waals surface area (Å²) < 4.78 is 8.01. The van der Waals surface area contributed by atoms with E-state index in [0.29, 0.717) is 26.7 Å². The molecule has 0 radical (unpaired) electrons. The Kier molecular flexibility index (Phi) is 8.47. The Labute approximate surface area is 231 Å². The lowest BCUT2D eigenvalue weighted by molar-refractivity contribution is -0.113. The topological polar surface area (TPSA) is 69.0 Å². The molecule has 192 valence electrons. The van der Waals surface area contributed by atoms with Gasteiger partial charge in [0.2, 0.25) is 5.91 Å². The number of amides is 1. The maximum atomic E-state index is 12.6. The summed E-state index contributed by atoms with van der Waals surface area (Å²) in [5, 5.41) is 13.0. The van der Waals surface area contributed by atoms with E-state index in [-0.39, 0.29) is 23.7 Å². The van der Waals surface area contributed by atoms with Gasteiger partial charge in [-0.05, 0) is 59.9 Å². The van der Waals surface area contributed by atoms with Crippen molar-refractivity contribution in [2.24, 2.45) is 0 Å². The number of hydrogen-bond donors (Lipinski definition) is 1. The Morgan fingerprint density at radius 2 is 1.73 bits per heavy atom. The van der Waals surface area contributed by atoms with Crippen molar-refractivity contribution in [3.8, 4) is 11.4 Å². The van der Waals surface area contributed by atoms with Crippen LogP contribution in [0, 0.1) is 6.92 Å². The Morgan fingerprint density at radius 1 is 1.00 bits per heavy atom. The van der Waals surface area contributed by atoms with Crippen LogP contribution in [0.5, 0.6) is 5.75 Å². The highest BCUT2D eigenvalue weighted by molar-refractivity contribution is 7.99. The third kappa shape index (κ3) is 6.86. The number of nitrogens with zero attached hydrogens (tertiary/aromatic N) is 3. The molecule has 1 amide bonds. The summed E-state index contributed by atoms with van der Waals surface area (Å²) in [7, 11) is 0. The number of hydrogen-bond acceptors (Lipinski definition) is 5. The predicted octanol–water partition coefficient (Wildman–Crippen LogP) is 7.49. The number of carbonyl (C=O) groups excluding carboxylic acids is 1. The van der Waals surface area contributed by atoms with E-state index in [1.54, 1.807) is 18.2 Å². The van der Waals surface area contributed by atoms with E-state index in [1.165, 1.54) is 17.3 Å². The quantitative estimate of drug-likeness (QED) is 0.228. The lowest BCUT2D eigenvalue weighted by Crippen LogP contribution is -2.15. The van der Waals surface area contributed by atoms with Crippen LogP contribution in [0.2, 0.25) is 10.0 Å². The molecular weight excluding hydrogens is 527 g/mol. The smallest absolute Gasteiger partial charge is 0.234 e. The van der Waals surface area contributed by atoms with Crippen molar-refractivity contribution < 1.29 is 9.53 Å². The molecule has 0 saturated heterocycles. The largest absolute Gasteiger partial charge is 0.486 e. The van der Waals surface area contributed by atoms with Crippen molar-refractivity contribution in [1.29, 1.82) is 0 Å². The molecule has 1 aromatic heterocycles.